The highest BCUT2D eigenvalue weighted by atomic mass is 16.5. The van der Waals surface area contributed by atoms with Crippen molar-refractivity contribution in [2.75, 3.05) is 13.2 Å². The molecule has 0 N–H and O–H groups in total. The molecule has 0 aromatic carbocycles. The maximum absolute atomic E-state index is 5.52. The summed E-state index contributed by atoms with van der Waals surface area (Å²) in [7, 11) is 0. The van der Waals surface area contributed by atoms with Gasteiger partial charge in [-0.15, -0.1) is 0 Å². The van der Waals surface area contributed by atoms with E-state index in [4.69, 9.17) is 9.47 Å². The van der Waals surface area contributed by atoms with Crippen molar-refractivity contribution < 1.29 is 9.47 Å². The first-order chi connectivity index (χ1) is 6.86. The summed E-state index contributed by atoms with van der Waals surface area (Å²) in [6, 6.07) is 0. The van der Waals surface area contributed by atoms with Crippen LogP contribution in [0.15, 0.2) is 12.4 Å². The largest absolute Gasteiger partial charge is 0.474 e. The standard InChI is InChI=1S/C10H14N2O2/c1-8-10(12-5-4-11-8)14-7-9-3-2-6-13-9/h4-5,9H,2-3,6-7H2,1H3. The molecule has 76 valence electrons. The molecule has 2 heterocycles. The van der Waals surface area contributed by atoms with Gasteiger partial charge in [-0.1, -0.05) is 0 Å². The second kappa shape index (κ2) is 4.37. The Labute approximate surface area is 83.3 Å². The molecule has 0 aliphatic carbocycles. The Balaban J connectivity index is 1.88. The van der Waals surface area contributed by atoms with Crippen LogP contribution in [-0.2, 0) is 4.74 Å². The molecule has 1 aliphatic rings. The number of hydrogen-bond donors (Lipinski definition) is 0. The quantitative estimate of drug-likeness (QED) is 0.728. The van der Waals surface area contributed by atoms with Crippen LogP contribution in [-0.4, -0.2) is 29.3 Å². The lowest BCUT2D eigenvalue weighted by Crippen LogP contribution is -2.17. The third-order valence-corrected chi connectivity index (χ3v) is 2.27. The first kappa shape index (κ1) is 9.40. The normalized spacial score (nSPS) is 21.1. The second-order valence-corrected chi connectivity index (χ2v) is 3.39. The molecule has 1 aliphatic heterocycles. The molecule has 1 aromatic heterocycles. The maximum Gasteiger partial charge on any atom is 0.235 e. The number of ether oxygens (including phenoxy) is 2. The van der Waals surface area contributed by atoms with E-state index >= 15 is 0 Å². The molecule has 0 saturated carbocycles. The summed E-state index contributed by atoms with van der Waals surface area (Å²) in [4.78, 5) is 8.19. The fraction of sp³-hybridized carbons (Fsp3) is 0.600. The minimum Gasteiger partial charge on any atom is -0.474 e. The van der Waals surface area contributed by atoms with Gasteiger partial charge in [-0.25, -0.2) is 4.98 Å². The van der Waals surface area contributed by atoms with Crippen LogP contribution in [0.25, 0.3) is 0 Å². The molecule has 0 bridgehead atoms. The highest BCUT2D eigenvalue weighted by Crippen LogP contribution is 2.15. The maximum atomic E-state index is 5.52. The van der Waals surface area contributed by atoms with Crippen LogP contribution in [0.1, 0.15) is 18.5 Å². The van der Waals surface area contributed by atoms with Crippen molar-refractivity contribution in [3.63, 3.8) is 0 Å². The van der Waals surface area contributed by atoms with E-state index in [9.17, 15) is 0 Å². The van der Waals surface area contributed by atoms with Crippen molar-refractivity contribution in [3.8, 4) is 5.88 Å². The van der Waals surface area contributed by atoms with Gasteiger partial charge in [0.1, 0.15) is 6.61 Å². The predicted molar refractivity (Wildman–Crippen MR) is 51.2 cm³/mol. The summed E-state index contributed by atoms with van der Waals surface area (Å²) in [6.45, 7) is 3.32. The van der Waals surface area contributed by atoms with E-state index in [1.54, 1.807) is 12.4 Å². The molecule has 1 fully saturated rings. The predicted octanol–water partition coefficient (Wildman–Crippen LogP) is 1.34. The number of aryl methyl sites for hydroxylation is 1. The Morgan fingerprint density at radius 3 is 3.07 bits per heavy atom. The second-order valence-electron chi connectivity index (χ2n) is 3.39. The average Bonchev–Trinajstić information content (AvgIpc) is 2.69. The van der Waals surface area contributed by atoms with Crippen molar-refractivity contribution in [2.45, 2.75) is 25.9 Å². The van der Waals surface area contributed by atoms with Crippen LogP contribution in [0.4, 0.5) is 0 Å². The number of nitrogens with zero attached hydrogens (tertiary/aromatic N) is 2. The molecule has 0 radical (unpaired) electrons. The zero-order valence-electron chi connectivity index (χ0n) is 8.27. The van der Waals surface area contributed by atoms with Gasteiger partial charge in [0, 0.05) is 19.0 Å². The summed E-state index contributed by atoms with van der Waals surface area (Å²) in [5, 5.41) is 0. The highest BCUT2D eigenvalue weighted by Gasteiger charge is 2.16. The smallest absolute Gasteiger partial charge is 0.235 e. The van der Waals surface area contributed by atoms with Gasteiger partial charge < -0.3 is 9.47 Å². The van der Waals surface area contributed by atoms with Crippen molar-refractivity contribution in [3.05, 3.63) is 18.1 Å². The summed E-state index contributed by atoms with van der Waals surface area (Å²) in [5.41, 5.74) is 0.825. The van der Waals surface area contributed by atoms with E-state index in [0.29, 0.717) is 12.5 Å². The van der Waals surface area contributed by atoms with Crippen molar-refractivity contribution in [1.29, 1.82) is 0 Å². The summed E-state index contributed by atoms with van der Waals surface area (Å²) in [6.07, 6.45) is 5.75. The van der Waals surface area contributed by atoms with Gasteiger partial charge in [0.2, 0.25) is 5.88 Å². The van der Waals surface area contributed by atoms with Crippen LogP contribution in [0, 0.1) is 6.92 Å². The van der Waals surface area contributed by atoms with Gasteiger partial charge in [-0.05, 0) is 19.8 Å². The molecular weight excluding hydrogens is 180 g/mol. The molecule has 1 atom stereocenters. The Bertz CT molecular complexity index is 298. The van der Waals surface area contributed by atoms with Gasteiger partial charge in [-0.2, -0.15) is 0 Å². The zero-order chi connectivity index (χ0) is 9.80. The first-order valence-electron chi connectivity index (χ1n) is 4.88. The summed E-state index contributed by atoms with van der Waals surface area (Å²) >= 11 is 0. The molecule has 0 amide bonds. The fourth-order valence-electron chi connectivity index (χ4n) is 1.48. The first-order valence-corrected chi connectivity index (χ1v) is 4.88. The third kappa shape index (κ3) is 2.20. The van der Waals surface area contributed by atoms with Gasteiger partial charge in [0.05, 0.1) is 11.8 Å². The molecule has 1 saturated heterocycles. The van der Waals surface area contributed by atoms with Crippen LogP contribution in [0.3, 0.4) is 0 Å². The van der Waals surface area contributed by atoms with Crippen molar-refractivity contribution in [2.24, 2.45) is 0 Å². The molecule has 2 rings (SSSR count). The minimum atomic E-state index is 0.233. The Hall–Kier alpha value is -1.16. The lowest BCUT2D eigenvalue weighted by atomic mass is 10.2. The Morgan fingerprint density at radius 1 is 1.50 bits per heavy atom. The average molecular weight is 194 g/mol. The molecule has 4 heteroatoms. The molecule has 1 unspecified atom stereocenters. The van der Waals surface area contributed by atoms with E-state index < -0.39 is 0 Å². The highest BCUT2D eigenvalue weighted by molar-refractivity contribution is 5.14. The molecular formula is C10H14N2O2. The third-order valence-electron chi connectivity index (χ3n) is 2.27. The monoisotopic (exact) mass is 194 g/mol. The Morgan fingerprint density at radius 2 is 2.36 bits per heavy atom. The lowest BCUT2D eigenvalue weighted by Gasteiger charge is -2.11. The van der Waals surface area contributed by atoms with Crippen LogP contribution in [0.2, 0.25) is 0 Å². The number of hydrogen-bond acceptors (Lipinski definition) is 4. The van der Waals surface area contributed by atoms with Crippen LogP contribution < -0.4 is 4.74 Å². The van der Waals surface area contributed by atoms with Gasteiger partial charge >= 0.3 is 0 Å². The zero-order valence-corrected chi connectivity index (χ0v) is 8.27. The van der Waals surface area contributed by atoms with Crippen molar-refractivity contribution in [1.82, 2.24) is 9.97 Å². The van der Waals surface area contributed by atoms with Crippen molar-refractivity contribution >= 4 is 0 Å². The van der Waals surface area contributed by atoms with E-state index in [2.05, 4.69) is 9.97 Å². The van der Waals surface area contributed by atoms with Gasteiger partial charge in [0.25, 0.3) is 0 Å². The van der Waals surface area contributed by atoms with E-state index in [1.165, 1.54) is 0 Å². The topological polar surface area (TPSA) is 44.2 Å². The summed E-state index contributed by atoms with van der Waals surface area (Å²) in [5.74, 6) is 0.614. The van der Waals surface area contributed by atoms with Crippen LogP contribution >= 0.6 is 0 Å². The number of aromatic nitrogens is 2. The SMILES string of the molecule is Cc1nccnc1OCC1CCCO1. The van der Waals surface area contributed by atoms with E-state index in [-0.39, 0.29) is 6.10 Å². The summed E-state index contributed by atoms with van der Waals surface area (Å²) < 4.78 is 11.0. The molecule has 0 spiro atoms. The Kier molecular flexibility index (Phi) is 2.93. The molecule has 14 heavy (non-hydrogen) atoms. The van der Waals surface area contributed by atoms with E-state index in [1.807, 2.05) is 6.92 Å². The minimum absolute atomic E-state index is 0.233. The molecule has 1 aromatic rings. The molecule has 4 nitrogen and oxygen atoms in total. The van der Waals surface area contributed by atoms with Crippen LogP contribution in [0.5, 0.6) is 5.88 Å². The lowest BCUT2D eigenvalue weighted by molar-refractivity contribution is 0.0659. The fourth-order valence-corrected chi connectivity index (χ4v) is 1.48. The van der Waals surface area contributed by atoms with Gasteiger partial charge in [0.15, 0.2) is 0 Å². The van der Waals surface area contributed by atoms with E-state index in [0.717, 1.165) is 25.1 Å². The number of rotatable bonds is 3. The van der Waals surface area contributed by atoms with Gasteiger partial charge in [-0.3, -0.25) is 4.98 Å².